The van der Waals surface area contributed by atoms with Crippen molar-refractivity contribution in [2.45, 2.75) is 19.8 Å². The zero-order valence-corrected chi connectivity index (χ0v) is 12.9. The van der Waals surface area contributed by atoms with E-state index >= 15 is 0 Å². The Kier molecular flexibility index (Phi) is 3.54. The van der Waals surface area contributed by atoms with Crippen molar-refractivity contribution in [3.05, 3.63) is 51.6 Å². The Morgan fingerprint density at radius 1 is 1.32 bits per heavy atom. The molecule has 6 heteroatoms. The van der Waals surface area contributed by atoms with Crippen molar-refractivity contribution in [3.8, 4) is 0 Å². The third kappa shape index (κ3) is 2.42. The van der Waals surface area contributed by atoms with Gasteiger partial charge in [-0.15, -0.1) is 11.3 Å². The monoisotopic (exact) mass is 314 g/mol. The summed E-state index contributed by atoms with van der Waals surface area (Å²) in [7, 11) is 0. The standard InChI is InChI=1S/C16H14N2O3S/c1-8(2)13-7-22-15(18-13)14(19)11-6-17-12-4-3-9(16(20)21)5-10(11)12/h3-8,17H,1-2H3,(H,20,21). The van der Waals surface area contributed by atoms with Crippen LogP contribution in [0.1, 0.15) is 51.2 Å². The summed E-state index contributed by atoms with van der Waals surface area (Å²) < 4.78 is 0. The Balaban J connectivity index is 2.06. The number of hydrogen-bond donors (Lipinski definition) is 2. The van der Waals surface area contributed by atoms with E-state index in [1.165, 1.54) is 23.5 Å². The number of ketones is 1. The number of carbonyl (C=O) groups excluding carboxylic acids is 1. The van der Waals surface area contributed by atoms with Crippen LogP contribution >= 0.6 is 11.3 Å². The number of rotatable bonds is 4. The number of nitrogens with one attached hydrogen (secondary N) is 1. The van der Waals surface area contributed by atoms with Crippen LogP contribution in [0.15, 0.2) is 29.8 Å². The average molecular weight is 314 g/mol. The summed E-state index contributed by atoms with van der Waals surface area (Å²) in [5.74, 6) is -0.942. The number of hydrogen-bond acceptors (Lipinski definition) is 4. The predicted molar refractivity (Wildman–Crippen MR) is 84.9 cm³/mol. The van der Waals surface area contributed by atoms with Crippen LogP contribution in [0.4, 0.5) is 0 Å². The number of benzene rings is 1. The van der Waals surface area contributed by atoms with Gasteiger partial charge in [-0.1, -0.05) is 13.8 Å². The second kappa shape index (κ2) is 5.38. The third-order valence-electron chi connectivity index (χ3n) is 3.48. The lowest BCUT2D eigenvalue weighted by molar-refractivity contribution is 0.0696. The van der Waals surface area contributed by atoms with E-state index in [9.17, 15) is 9.59 Å². The van der Waals surface area contributed by atoms with Crippen LogP contribution in [0.2, 0.25) is 0 Å². The molecule has 112 valence electrons. The van der Waals surface area contributed by atoms with Crippen LogP contribution < -0.4 is 0 Å². The van der Waals surface area contributed by atoms with Gasteiger partial charge in [0.15, 0.2) is 5.01 Å². The Morgan fingerprint density at radius 3 is 2.73 bits per heavy atom. The number of carboxylic acids is 1. The van der Waals surface area contributed by atoms with Gasteiger partial charge in [-0.05, 0) is 24.1 Å². The SMILES string of the molecule is CC(C)c1csc(C(=O)c2c[nH]c3ccc(C(=O)O)cc23)n1. The van der Waals surface area contributed by atoms with E-state index in [0.717, 1.165) is 11.2 Å². The Bertz CT molecular complexity index is 877. The minimum atomic E-state index is -1.02. The van der Waals surface area contributed by atoms with Gasteiger partial charge >= 0.3 is 5.97 Å². The second-order valence-electron chi connectivity index (χ2n) is 5.33. The van der Waals surface area contributed by atoms with E-state index in [0.29, 0.717) is 16.0 Å². The molecule has 0 saturated heterocycles. The van der Waals surface area contributed by atoms with E-state index in [2.05, 4.69) is 9.97 Å². The van der Waals surface area contributed by atoms with Gasteiger partial charge in [0, 0.05) is 22.5 Å². The van der Waals surface area contributed by atoms with Gasteiger partial charge in [-0.2, -0.15) is 0 Å². The van der Waals surface area contributed by atoms with Crippen LogP contribution in [-0.4, -0.2) is 26.8 Å². The lowest BCUT2D eigenvalue weighted by atomic mass is 10.1. The van der Waals surface area contributed by atoms with Gasteiger partial charge in [0.1, 0.15) is 0 Å². The molecule has 3 aromatic rings. The van der Waals surface area contributed by atoms with Gasteiger partial charge in [-0.3, -0.25) is 4.79 Å². The maximum atomic E-state index is 12.6. The van der Waals surface area contributed by atoms with Crippen molar-refractivity contribution in [1.29, 1.82) is 0 Å². The van der Waals surface area contributed by atoms with Gasteiger partial charge in [-0.25, -0.2) is 9.78 Å². The fraction of sp³-hybridized carbons (Fsp3) is 0.188. The lowest BCUT2D eigenvalue weighted by Gasteiger charge is -1.99. The van der Waals surface area contributed by atoms with Crippen LogP contribution in [-0.2, 0) is 0 Å². The fourth-order valence-electron chi connectivity index (χ4n) is 2.21. The maximum Gasteiger partial charge on any atom is 0.335 e. The van der Waals surface area contributed by atoms with Crippen molar-refractivity contribution in [3.63, 3.8) is 0 Å². The number of aromatic amines is 1. The fourth-order valence-corrected chi connectivity index (χ4v) is 3.14. The minimum Gasteiger partial charge on any atom is -0.478 e. The molecule has 22 heavy (non-hydrogen) atoms. The summed E-state index contributed by atoms with van der Waals surface area (Å²) in [6.45, 7) is 4.04. The van der Waals surface area contributed by atoms with Crippen LogP contribution in [0.5, 0.6) is 0 Å². The lowest BCUT2D eigenvalue weighted by Crippen LogP contribution is -2.01. The minimum absolute atomic E-state index is 0.156. The molecule has 0 atom stereocenters. The van der Waals surface area contributed by atoms with E-state index in [-0.39, 0.29) is 17.3 Å². The molecule has 0 fully saturated rings. The topological polar surface area (TPSA) is 83.0 Å². The number of fused-ring (bicyclic) bond motifs is 1. The molecule has 1 aromatic carbocycles. The number of aromatic carboxylic acids is 1. The molecule has 0 bridgehead atoms. The maximum absolute atomic E-state index is 12.6. The highest BCUT2D eigenvalue weighted by atomic mass is 32.1. The molecular formula is C16H14N2O3S. The highest BCUT2D eigenvalue weighted by molar-refractivity contribution is 7.12. The summed E-state index contributed by atoms with van der Waals surface area (Å²) in [5.41, 5.74) is 2.22. The quantitative estimate of drug-likeness (QED) is 0.720. The molecule has 0 radical (unpaired) electrons. The first-order valence-electron chi connectivity index (χ1n) is 6.82. The van der Waals surface area contributed by atoms with Crippen molar-refractivity contribution in [2.24, 2.45) is 0 Å². The zero-order valence-electron chi connectivity index (χ0n) is 12.1. The number of carboxylic acid groups (broad SMARTS) is 1. The zero-order chi connectivity index (χ0) is 15.9. The van der Waals surface area contributed by atoms with Crippen molar-refractivity contribution in [1.82, 2.24) is 9.97 Å². The van der Waals surface area contributed by atoms with Gasteiger partial charge in [0.05, 0.1) is 16.8 Å². The van der Waals surface area contributed by atoms with E-state index in [1.54, 1.807) is 12.3 Å². The number of thiazole rings is 1. The first kappa shape index (κ1) is 14.5. The first-order valence-corrected chi connectivity index (χ1v) is 7.70. The summed E-state index contributed by atoms with van der Waals surface area (Å²) in [6.07, 6.45) is 1.61. The normalized spacial score (nSPS) is 11.2. The van der Waals surface area contributed by atoms with Gasteiger partial charge in [0.2, 0.25) is 5.78 Å². The average Bonchev–Trinajstić information content (AvgIpc) is 3.13. The van der Waals surface area contributed by atoms with Crippen LogP contribution in [0.25, 0.3) is 10.9 Å². The summed E-state index contributed by atoms with van der Waals surface area (Å²) in [5, 5.41) is 12.0. The second-order valence-corrected chi connectivity index (χ2v) is 6.19. The van der Waals surface area contributed by atoms with Crippen LogP contribution in [0, 0.1) is 0 Å². The Labute approximate surface area is 130 Å². The van der Waals surface area contributed by atoms with Gasteiger partial charge in [0.25, 0.3) is 0 Å². The first-order chi connectivity index (χ1) is 10.5. The molecule has 0 aliphatic heterocycles. The largest absolute Gasteiger partial charge is 0.478 e. The third-order valence-corrected chi connectivity index (χ3v) is 4.34. The molecule has 5 nitrogen and oxygen atoms in total. The summed E-state index contributed by atoms with van der Waals surface area (Å²) in [6, 6.07) is 4.69. The molecule has 0 unspecified atom stereocenters. The van der Waals surface area contributed by atoms with Crippen LogP contribution in [0.3, 0.4) is 0 Å². The van der Waals surface area contributed by atoms with E-state index < -0.39 is 5.97 Å². The van der Waals surface area contributed by atoms with Crippen molar-refractivity contribution in [2.75, 3.05) is 0 Å². The highest BCUT2D eigenvalue weighted by Crippen LogP contribution is 2.25. The molecule has 2 aromatic heterocycles. The molecule has 0 amide bonds. The molecular weight excluding hydrogens is 300 g/mol. The molecule has 0 saturated carbocycles. The predicted octanol–water partition coefficient (Wildman–Crippen LogP) is 3.68. The summed E-state index contributed by atoms with van der Waals surface area (Å²) in [4.78, 5) is 31.1. The van der Waals surface area contributed by atoms with E-state index in [1.807, 2.05) is 19.2 Å². The van der Waals surface area contributed by atoms with Gasteiger partial charge < -0.3 is 10.1 Å². The number of nitrogens with zero attached hydrogens (tertiary/aromatic N) is 1. The molecule has 0 aliphatic carbocycles. The summed E-state index contributed by atoms with van der Waals surface area (Å²) >= 11 is 1.31. The van der Waals surface area contributed by atoms with E-state index in [4.69, 9.17) is 5.11 Å². The number of H-pyrrole nitrogens is 1. The molecule has 2 heterocycles. The van der Waals surface area contributed by atoms with Crippen molar-refractivity contribution >= 4 is 34.0 Å². The molecule has 0 aliphatic rings. The Hall–Kier alpha value is -2.47. The van der Waals surface area contributed by atoms with Crippen molar-refractivity contribution < 1.29 is 14.7 Å². The highest BCUT2D eigenvalue weighted by Gasteiger charge is 2.19. The smallest absolute Gasteiger partial charge is 0.335 e. The molecule has 2 N–H and O–H groups in total. The number of aromatic nitrogens is 2. The molecule has 0 spiro atoms. The Morgan fingerprint density at radius 2 is 2.09 bits per heavy atom. The molecule has 3 rings (SSSR count). The number of carbonyl (C=O) groups is 2.